The SMILES string of the molecule is CCC(SC)=C(C)C(=O)O. The van der Waals surface area contributed by atoms with E-state index in [2.05, 4.69) is 0 Å². The van der Waals surface area contributed by atoms with E-state index in [9.17, 15) is 4.79 Å². The summed E-state index contributed by atoms with van der Waals surface area (Å²) in [4.78, 5) is 11.3. The molecule has 0 aromatic rings. The quantitative estimate of drug-likeness (QED) is 0.642. The van der Waals surface area contributed by atoms with Crippen molar-refractivity contribution in [2.24, 2.45) is 0 Å². The first-order valence-electron chi connectivity index (χ1n) is 3.10. The largest absolute Gasteiger partial charge is 0.478 e. The topological polar surface area (TPSA) is 37.3 Å². The number of carbonyl (C=O) groups is 1. The van der Waals surface area contributed by atoms with E-state index in [1.165, 1.54) is 11.8 Å². The Morgan fingerprint density at radius 1 is 1.60 bits per heavy atom. The molecule has 0 aliphatic heterocycles. The maximum Gasteiger partial charge on any atom is 0.332 e. The summed E-state index contributed by atoms with van der Waals surface area (Å²) in [5, 5.41) is 8.54. The first-order chi connectivity index (χ1) is 4.63. The Balaban J connectivity index is 4.43. The smallest absolute Gasteiger partial charge is 0.332 e. The standard InChI is InChI=1S/C7H12O2S/c1-4-6(10-3)5(2)7(8)9/h4H2,1-3H3,(H,8,9). The van der Waals surface area contributed by atoms with Gasteiger partial charge in [0.15, 0.2) is 0 Å². The Kier molecular flexibility index (Phi) is 4.19. The van der Waals surface area contributed by atoms with Gasteiger partial charge in [0.25, 0.3) is 0 Å². The summed E-state index contributed by atoms with van der Waals surface area (Å²) >= 11 is 1.51. The van der Waals surface area contributed by atoms with Crippen molar-refractivity contribution in [3.8, 4) is 0 Å². The van der Waals surface area contributed by atoms with Crippen LogP contribution in [0.2, 0.25) is 0 Å². The van der Waals surface area contributed by atoms with Crippen molar-refractivity contribution in [1.82, 2.24) is 0 Å². The average molecular weight is 160 g/mol. The predicted molar refractivity (Wildman–Crippen MR) is 44.1 cm³/mol. The highest BCUT2D eigenvalue weighted by Crippen LogP contribution is 2.19. The minimum absolute atomic E-state index is 0.468. The van der Waals surface area contributed by atoms with Gasteiger partial charge in [0.1, 0.15) is 0 Å². The second-order valence-electron chi connectivity index (χ2n) is 1.91. The number of carboxylic acid groups (broad SMARTS) is 1. The molecule has 0 aromatic carbocycles. The van der Waals surface area contributed by atoms with E-state index in [1.54, 1.807) is 6.92 Å². The van der Waals surface area contributed by atoms with Gasteiger partial charge >= 0.3 is 5.97 Å². The Morgan fingerprint density at radius 3 is 2.20 bits per heavy atom. The summed E-state index contributed by atoms with van der Waals surface area (Å²) in [7, 11) is 0. The van der Waals surface area contributed by atoms with Crippen LogP contribution in [-0.4, -0.2) is 17.3 Å². The molecule has 0 rings (SSSR count). The molecular weight excluding hydrogens is 148 g/mol. The summed E-state index contributed by atoms with van der Waals surface area (Å²) < 4.78 is 0. The maximum atomic E-state index is 10.4. The molecule has 0 bridgehead atoms. The van der Waals surface area contributed by atoms with Crippen molar-refractivity contribution >= 4 is 17.7 Å². The molecule has 0 radical (unpaired) electrons. The van der Waals surface area contributed by atoms with Gasteiger partial charge in [-0.2, -0.15) is 0 Å². The Morgan fingerprint density at radius 2 is 2.10 bits per heavy atom. The van der Waals surface area contributed by atoms with Crippen molar-refractivity contribution in [1.29, 1.82) is 0 Å². The van der Waals surface area contributed by atoms with Crippen LogP contribution in [0.1, 0.15) is 20.3 Å². The van der Waals surface area contributed by atoms with Crippen LogP contribution in [0.25, 0.3) is 0 Å². The molecule has 1 N–H and O–H groups in total. The molecule has 0 spiro atoms. The number of allylic oxidation sites excluding steroid dienone is 1. The van der Waals surface area contributed by atoms with Crippen LogP contribution in [0.5, 0.6) is 0 Å². The van der Waals surface area contributed by atoms with Crippen LogP contribution in [0.3, 0.4) is 0 Å². The van der Waals surface area contributed by atoms with Gasteiger partial charge in [0.2, 0.25) is 0 Å². The molecule has 0 saturated heterocycles. The molecule has 10 heavy (non-hydrogen) atoms. The third kappa shape index (κ3) is 2.43. The van der Waals surface area contributed by atoms with Crippen molar-refractivity contribution in [2.45, 2.75) is 20.3 Å². The number of carboxylic acids is 1. The van der Waals surface area contributed by atoms with E-state index in [0.717, 1.165) is 11.3 Å². The number of rotatable bonds is 3. The minimum atomic E-state index is -0.814. The minimum Gasteiger partial charge on any atom is -0.478 e. The second kappa shape index (κ2) is 4.39. The van der Waals surface area contributed by atoms with E-state index in [-0.39, 0.29) is 0 Å². The lowest BCUT2D eigenvalue weighted by Crippen LogP contribution is -1.98. The van der Waals surface area contributed by atoms with Crippen molar-refractivity contribution in [3.63, 3.8) is 0 Å². The molecule has 0 aliphatic carbocycles. The lowest BCUT2D eigenvalue weighted by atomic mass is 10.2. The summed E-state index contributed by atoms with van der Waals surface area (Å²) in [6, 6.07) is 0. The third-order valence-corrected chi connectivity index (χ3v) is 2.39. The van der Waals surface area contributed by atoms with E-state index in [0.29, 0.717) is 5.57 Å². The Hall–Kier alpha value is -0.440. The lowest BCUT2D eigenvalue weighted by molar-refractivity contribution is -0.132. The van der Waals surface area contributed by atoms with Crippen LogP contribution in [0.15, 0.2) is 10.5 Å². The zero-order chi connectivity index (χ0) is 8.15. The van der Waals surface area contributed by atoms with Crippen LogP contribution >= 0.6 is 11.8 Å². The first kappa shape index (κ1) is 9.56. The highest BCUT2D eigenvalue weighted by Gasteiger charge is 2.05. The summed E-state index contributed by atoms with van der Waals surface area (Å²) in [5.41, 5.74) is 0.468. The summed E-state index contributed by atoms with van der Waals surface area (Å²) in [5.74, 6) is -0.814. The van der Waals surface area contributed by atoms with Gasteiger partial charge in [-0.05, 0) is 24.5 Å². The highest BCUT2D eigenvalue weighted by molar-refractivity contribution is 8.02. The van der Waals surface area contributed by atoms with Crippen molar-refractivity contribution < 1.29 is 9.90 Å². The van der Waals surface area contributed by atoms with E-state index >= 15 is 0 Å². The van der Waals surface area contributed by atoms with Crippen molar-refractivity contribution in [3.05, 3.63) is 10.5 Å². The number of hydrogen-bond donors (Lipinski definition) is 1. The molecule has 0 aliphatic rings. The Labute approximate surface area is 65.3 Å². The molecule has 0 aromatic heterocycles. The monoisotopic (exact) mass is 160 g/mol. The summed E-state index contributed by atoms with van der Waals surface area (Å²) in [6.07, 6.45) is 2.70. The number of hydrogen-bond acceptors (Lipinski definition) is 2. The van der Waals surface area contributed by atoms with Gasteiger partial charge in [-0.15, -0.1) is 11.8 Å². The van der Waals surface area contributed by atoms with E-state index in [1.807, 2.05) is 13.2 Å². The van der Waals surface area contributed by atoms with Crippen molar-refractivity contribution in [2.75, 3.05) is 6.26 Å². The predicted octanol–water partition coefficient (Wildman–Crippen LogP) is 2.12. The normalized spacial score (nSPS) is 12.7. The van der Waals surface area contributed by atoms with Gasteiger partial charge in [-0.1, -0.05) is 6.92 Å². The van der Waals surface area contributed by atoms with Gasteiger partial charge in [0.05, 0.1) is 0 Å². The van der Waals surface area contributed by atoms with Crippen LogP contribution in [0, 0.1) is 0 Å². The lowest BCUT2D eigenvalue weighted by Gasteiger charge is -2.01. The molecule has 0 saturated carbocycles. The second-order valence-corrected chi connectivity index (χ2v) is 2.81. The van der Waals surface area contributed by atoms with Gasteiger partial charge in [0, 0.05) is 5.57 Å². The van der Waals surface area contributed by atoms with Gasteiger partial charge < -0.3 is 5.11 Å². The fourth-order valence-corrected chi connectivity index (χ4v) is 1.36. The van der Waals surface area contributed by atoms with Crippen LogP contribution < -0.4 is 0 Å². The molecule has 3 heteroatoms. The molecule has 0 unspecified atom stereocenters. The molecule has 0 atom stereocenters. The highest BCUT2D eigenvalue weighted by atomic mass is 32.2. The molecule has 0 fully saturated rings. The molecule has 58 valence electrons. The van der Waals surface area contributed by atoms with Gasteiger partial charge in [-0.25, -0.2) is 4.79 Å². The van der Waals surface area contributed by atoms with Crippen LogP contribution in [0.4, 0.5) is 0 Å². The summed E-state index contributed by atoms with van der Waals surface area (Å²) in [6.45, 7) is 3.59. The molecule has 0 heterocycles. The van der Waals surface area contributed by atoms with E-state index < -0.39 is 5.97 Å². The first-order valence-corrected chi connectivity index (χ1v) is 4.33. The van der Waals surface area contributed by atoms with Gasteiger partial charge in [-0.3, -0.25) is 0 Å². The maximum absolute atomic E-state index is 10.4. The zero-order valence-electron chi connectivity index (χ0n) is 6.47. The average Bonchev–Trinajstić information content (AvgIpc) is 1.90. The third-order valence-electron chi connectivity index (χ3n) is 1.31. The number of thioether (sulfide) groups is 1. The fraction of sp³-hybridized carbons (Fsp3) is 0.571. The Bertz CT molecular complexity index is 155. The number of aliphatic carboxylic acids is 1. The zero-order valence-corrected chi connectivity index (χ0v) is 7.29. The molecular formula is C7H12O2S. The molecule has 0 amide bonds. The molecule has 2 nitrogen and oxygen atoms in total. The van der Waals surface area contributed by atoms with Crippen LogP contribution in [-0.2, 0) is 4.79 Å². The fourth-order valence-electron chi connectivity index (χ4n) is 0.682. The van der Waals surface area contributed by atoms with E-state index in [4.69, 9.17) is 5.11 Å².